The number of ether oxygens (including phenoxy) is 4. The predicted octanol–water partition coefficient (Wildman–Crippen LogP) is 4.41. The van der Waals surface area contributed by atoms with Crippen LogP contribution in [0.2, 0.25) is 0 Å². The molecule has 2 aromatic carbocycles. The minimum absolute atomic E-state index is 0.185. The third kappa shape index (κ3) is 3.86. The molecule has 1 saturated heterocycles. The van der Waals surface area contributed by atoms with Crippen molar-refractivity contribution in [2.75, 3.05) is 34.5 Å². The van der Waals surface area contributed by atoms with Crippen molar-refractivity contribution in [3.63, 3.8) is 0 Å². The standard InChI is InChI=1S/C29H30N2O5S/c1-30-17-19-14-22-21-6-4-5-7-24(21)31(16-18-8-10-20(33-2)11-9-18)26(22)29(35-12-13-36-29)15-23(19)25(27(30)37)28(32)34-3/h4-11,17,23,25H,12-16H2,1-3H3/t23-,25+/m1/s1. The number of allylic oxidation sites excluding steroid dienone is 1. The number of hydrogen-bond acceptors (Lipinski definition) is 6. The molecule has 1 spiro atoms. The monoisotopic (exact) mass is 518 g/mol. The smallest absolute Gasteiger partial charge is 0.316 e. The van der Waals surface area contributed by atoms with Crippen molar-refractivity contribution in [3.05, 3.63) is 77.1 Å². The fraction of sp³-hybridized carbons (Fsp3) is 0.379. The summed E-state index contributed by atoms with van der Waals surface area (Å²) in [5, 5.41) is 1.16. The number of benzene rings is 2. The van der Waals surface area contributed by atoms with Crippen LogP contribution in [-0.4, -0.2) is 54.9 Å². The molecule has 0 saturated carbocycles. The number of methoxy groups -OCH3 is 2. The average molecular weight is 519 g/mol. The Hall–Kier alpha value is -3.20. The van der Waals surface area contributed by atoms with E-state index in [-0.39, 0.29) is 11.9 Å². The molecule has 0 bridgehead atoms. The Morgan fingerprint density at radius 1 is 1.11 bits per heavy atom. The molecule has 7 nitrogen and oxygen atoms in total. The summed E-state index contributed by atoms with van der Waals surface area (Å²) < 4.78 is 25.9. The maximum Gasteiger partial charge on any atom is 0.316 e. The Bertz CT molecular complexity index is 1400. The van der Waals surface area contributed by atoms with E-state index in [2.05, 4.69) is 47.2 Å². The second-order valence-electron chi connectivity index (χ2n) is 9.87. The van der Waals surface area contributed by atoms with Crippen LogP contribution in [0.1, 0.15) is 23.2 Å². The SMILES string of the molecule is COC(=O)[C@@H]1C(=S)N(C)C=C2Cc3c(n(Cc4ccc(OC)cc4)c4ccccc34)C3(C[C@H]21)OCCO3. The van der Waals surface area contributed by atoms with Crippen molar-refractivity contribution in [1.82, 2.24) is 9.47 Å². The number of aromatic nitrogens is 1. The zero-order chi connectivity index (χ0) is 25.7. The van der Waals surface area contributed by atoms with Crippen molar-refractivity contribution < 1.29 is 23.7 Å². The Kier molecular flexibility index (Phi) is 6.06. The van der Waals surface area contributed by atoms with E-state index in [0.717, 1.165) is 33.5 Å². The van der Waals surface area contributed by atoms with E-state index in [1.165, 1.54) is 12.7 Å². The highest BCUT2D eigenvalue weighted by Gasteiger charge is 2.52. The number of carbonyl (C=O) groups excluding carboxylic acids is 1. The zero-order valence-electron chi connectivity index (χ0n) is 21.2. The Labute approximate surface area is 221 Å². The summed E-state index contributed by atoms with van der Waals surface area (Å²) in [5.74, 6) is -1.24. The van der Waals surface area contributed by atoms with Gasteiger partial charge in [-0.1, -0.05) is 42.5 Å². The molecule has 0 amide bonds. The van der Waals surface area contributed by atoms with Crippen molar-refractivity contribution in [3.8, 4) is 5.75 Å². The molecule has 0 N–H and O–H groups in total. The fourth-order valence-electron chi connectivity index (χ4n) is 6.20. The van der Waals surface area contributed by atoms with Gasteiger partial charge in [0.05, 0.1) is 38.1 Å². The molecule has 3 heterocycles. The van der Waals surface area contributed by atoms with Crippen molar-refractivity contribution in [2.45, 2.75) is 25.2 Å². The zero-order valence-corrected chi connectivity index (χ0v) is 22.0. The van der Waals surface area contributed by atoms with E-state index in [0.29, 0.717) is 37.6 Å². The highest BCUT2D eigenvalue weighted by atomic mass is 32.1. The first-order chi connectivity index (χ1) is 18.0. The molecule has 2 aliphatic heterocycles. The first kappa shape index (κ1) is 24.2. The molecular weight excluding hydrogens is 488 g/mol. The van der Waals surface area contributed by atoms with Gasteiger partial charge in [-0.3, -0.25) is 4.79 Å². The number of fused-ring (bicyclic) bond motifs is 5. The lowest BCUT2D eigenvalue weighted by atomic mass is 9.78. The predicted molar refractivity (Wildman–Crippen MR) is 143 cm³/mol. The van der Waals surface area contributed by atoms with Crippen molar-refractivity contribution in [2.24, 2.45) is 11.8 Å². The van der Waals surface area contributed by atoms with Gasteiger partial charge in [0.25, 0.3) is 0 Å². The van der Waals surface area contributed by atoms with E-state index >= 15 is 0 Å². The molecule has 6 rings (SSSR count). The Morgan fingerprint density at radius 3 is 2.54 bits per heavy atom. The third-order valence-electron chi connectivity index (χ3n) is 7.87. The lowest BCUT2D eigenvalue weighted by Gasteiger charge is -2.38. The summed E-state index contributed by atoms with van der Waals surface area (Å²) in [7, 11) is 4.99. The van der Waals surface area contributed by atoms with E-state index in [1.807, 2.05) is 24.1 Å². The molecule has 3 aromatic rings. The van der Waals surface area contributed by atoms with Gasteiger partial charge < -0.3 is 28.4 Å². The molecule has 2 atom stereocenters. The quantitative estimate of drug-likeness (QED) is 0.375. The van der Waals surface area contributed by atoms with Gasteiger partial charge >= 0.3 is 5.97 Å². The van der Waals surface area contributed by atoms with Crippen LogP contribution < -0.4 is 4.74 Å². The van der Waals surface area contributed by atoms with Gasteiger partial charge in [-0.25, -0.2) is 0 Å². The van der Waals surface area contributed by atoms with Crippen LogP contribution in [0.5, 0.6) is 5.75 Å². The van der Waals surface area contributed by atoms with Crippen LogP contribution in [-0.2, 0) is 37.8 Å². The number of esters is 1. The Balaban J connectivity index is 1.55. The minimum atomic E-state index is -0.987. The summed E-state index contributed by atoms with van der Waals surface area (Å²) >= 11 is 5.73. The maximum absolute atomic E-state index is 13.0. The van der Waals surface area contributed by atoms with Crippen molar-refractivity contribution in [1.29, 1.82) is 0 Å². The van der Waals surface area contributed by atoms with Gasteiger partial charge in [-0.05, 0) is 41.3 Å². The van der Waals surface area contributed by atoms with Crippen LogP contribution in [0.15, 0.2) is 60.3 Å². The third-order valence-corrected chi connectivity index (χ3v) is 8.41. The van der Waals surface area contributed by atoms with E-state index < -0.39 is 11.7 Å². The van der Waals surface area contributed by atoms with E-state index in [1.54, 1.807) is 7.11 Å². The van der Waals surface area contributed by atoms with Crippen LogP contribution >= 0.6 is 12.2 Å². The van der Waals surface area contributed by atoms with Gasteiger partial charge in [-0.2, -0.15) is 0 Å². The van der Waals surface area contributed by atoms with Crippen LogP contribution in [0.25, 0.3) is 10.9 Å². The molecule has 1 fully saturated rings. The van der Waals surface area contributed by atoms with E-state index in [9.17, 15) is 4.79 Å². The fourth-order valence-corrected chi connectivity index (χ4v) is 6.51. The topological polar surface area (TPSA) is 62.2 Å². The second-order valence-corrected chi connectivity index (χ2v) is 10.3. The second kappa shape index (κ2) is 9.28. The van der Waals surface area contributed by atoms with Gasteiger partial charge in [0.15, 0.2) is 0 Å². The largest absolute Gasteiger partial charge is 0.497 e. The summed E-state index contributed by atoms with van der Waals surface area (Å²) in [4.78, 5) is 15.5. The lowest BCUT2D eigenvalue weighted by molar-refractivity contribution is -0.183. The molecule has 0 radical (unpaired) electrons. The number of hydrogen-bond donors (Lipinski definition) is 0. The minimum Gasteiger partial charge on any atom is -0.497 e. The van der Waals surface area contributed by atoms with Crippen LogP contribution in [0, 0.1) is 11.8 Å². The summed E-state index contributed by atoms with van der Waals surface area (Å²) in [6, 6.07) is 16.6. The molecule has 0 unspecified atom stereocenters. The first-order valence-electron chi connectivity index (χ1n) is 12.5. The normalized spacial score (nSPS) is 22.4. The molecule has 8 heteroatoms. The molecule has 1 aliphatic carbocycles. The van der Waals surface area contributed by atoms with Gasteiger partial charge in [0.1, 0.15) is 11.7 Å². The molecule has 3 aliphatic rings. The number of thiocarbonyl (C=S) groups is 1. The average Bonchev–Trinajstić information content (AvgIpc) is 3.47. The molecule has 192 valence electrons. The first-order valence-corrected chi connectivity index (χ1v) is 12.9. The molecule has 1 aromatic heterocycles. The van der Waals surface area contributed by atoms with Gasteiger partial charge in [0, 0.05) is 43.0 Å². The summed E-state index contributed by atoms with van der Waals surface area (Å²) in [6.07, 6.45) is 3.24. The number of carbonyl (C=O) groups is 1. The van der Waals surface area contributed by atoms with Gasteiger partial charge in [0.2, 0.25) is 5.79 Å². The number of nitrogens with zero attached hydrogens (tertiary/aromatic N) is 2. The number of rotatable bonds is 4. The van der Waals surface area contributed by atoms with E-state index in [4.69, 9.17) is 31.2 Å². The molecular formula is C29H30N2O5S. The van der Waals surface area contributed by atoms with Gasteiger partial charge in [-0.15, -0.1) is 0 Å². The number of para-hydroxylation sites is 1. The summed E-state index contributed by atoms with van der Waals surface area (Å²) in [6.45, 7) is 1.63. The highest BCUT2D eigenvalue weighted by Crippen LogP contribution is 2.51. The van der Waals surface area contributed by atoms with Crippen molar-refractivity contribution >= 4 is 34.1 Å². The van der Waals surface area contributed by atoms with Crippen LogP contribution in [0.4, 0.5) is 0 Å². The molecule has 37 heavy (non-hydrogen) atoms. The van der Waals surface area contributed by atoms with Crippen LogP contribution in [0.3, 0.4) is 0 Å². The lowest BCUT2D eigenvalue weighted by Crippen LogP contribution is -2.45. The Morgan fingerprint density at radius 2 is 1.84 bits per heavy atom. The summed E-state index contributed by atoms with van der Waals surface area (Å²) in [5.41, 5.74) is 5.60. The maximum atomic E-state index is 13.0. The highest BCUT2D eigenvalue weighted by molar-refractivity contribution is 7.80.